The van der Waals surface area contributed by atoms with Gasteiger partial charge in [0.2, 0.25) is 5.79 Å². The van der Waals surface area contributed by atoms with Crippen molar-refractivity contribution in [1.29, 1.82) is 0 Å². The molecule has 0 bridgehead atoms. The van der Waals surface area contributed by atoms with Crippen LogP contribution in [-0.4, -0.2) is 38.0 Å². The Hall–Kier alpha value is -0.850. The molecule has 0 heterocycles. The first-order valence-electron chi connectivity index (χ1n) is 3.16. The Labute approximate surface area is 69.9 Å². The van der Waals surface area contributed by atoms with E-state index in [1.807, 2.05) is 0 Å². The van der Waals surface area contributed by atoms with E-state index in [9.17, 15) is 4.79 Å². The molecule has 0 fully saturated rings. The molecule has 0 spiro atoms. The summed E-state index contributed by atoms with van der Waals surface area (Å²) in [6, 6.07) is 0. The summed E-state index contributed by atoms with van der Waals surface area (Å²) in [4.78, 5) is 13.7. The Morgan fingerprint density at radius 2 is 2.08 bits per heavy atom. The minimum atomic E-state index is -1.24. The van der Waals surface area contributed by atoms with Gasteiger partial charge in [0.1, 0.15) is 6.61 Å². The lowest BCUT2D eigenvalue weighted by molar-refractivity contribution is -0.258. The molecular formula is C6H12O6. The molecule has 0 aliphatic heterocycles. The van der Waals surface area contributed by atoms with Crippen molar-refractivity contribution in [3.05, 3.63) is 0 Å². The zero-order valence-electron chi connectivity index (χ0n) is 7.20. The van der Waals surface area contributed by atoms with Gasteiger partial charge in [0.25, 0.3) is 0 Å². The SMILES string of the molecule is COCC(C)(OC)OC(=O)OO. The van der Waals surface area contributed by atoms with E-state index < -0.39 is 11.9 Å². The number of hydrogen-bond acceptors (Lipinski definition) is 6. The molecule has 1 atom stereocenters. The van der Waals surface area contributed by atoms with E-state index in [2.05, 4.69) is 9.62 Å². The van der Waals surface area contributed by atoms with Crippen LogP contribution in [-0.2, 0) is 19.1 Å². The summed E-state index contributed by atoms with van der Waals surface area (Å²) in [6.45, 7) is 1.51. The van der Waals surface area contributed by atoms with Crippen LogP contribution in [0.1, 0.15) is 6.92 Å². The fraction of sp³-hybridized carbons (Fsp3) is 0.833. The standard InChI is InChI=1S/C6H12O6/c1-6(10-3,4-9-2)11-5(7)12-8/h8H,4H2,1-3H3. The predicted molar refractivity (Wildman–Crippen MR) is 37.5 cm³/mol. The van der Waals surface area contributed by atoms with Gasteiger partial charge in [-0.05, 0) is 0 Å². The van der Waals surface area contributed by atoms with Crippen LogP contribution in [0.15, 0.2) is 0 Å². The average Bonchev–Trinajstić information content (AvgIpc) is 2.05. The minimum Gasteiger partial charge on any atom is -0.397 e. The fourth-order valence-corrected chi connectivity index (χ4v) is 0.587. The average molecular weight is 180 g/mol. The lowest BCUT2D eigenvalue weighted by atomic mass is 10.3. The van der Waals surface area contributed by atoms with Gasteiger partial charge in [-0.25, -0.2) is 4.79 Å². The Kier molecular flexibility index (Phi) is 4.57. The molecule has 12 heavy (non-hydrogen) atoms. The van der Waals surface area contributed by atoms with Gasteiger partial charge in [-0.2, -0.15) is 5.26 Å². The van der Waals surface area contributed by atoms with Crippen molar-refractivity contribution < 1.29 is 29.1 Å². The van der Waals surface area contributed by atoms with Crippen LogP contribution in [0.25, 0.3) is 0 Å². The van der Waals surface area contributed by atoms with Crippen molar-refractivity contribution in [1.82, 2.24) is 0 Å². The Bertz CT molecular complexity index is 147. The molecule has 0 rings (SSSR count). The quantitative estimate of drug-likeness (QED) is 0.296. The van der Waals surface area contributed by atoms with E-state index >= 15 is 0 Å². The first-order chi connectivity index (χ1) is 5.58. The highest BCUT2D eigenvalue weighted by molar-refractivity contribution is 5.59. The normalized spacial score (nSPS) is 15.0. The molecule has 0 aromatic rings. The van der Waals surface area contributed by atoms with Gasteiger partial charge >= 0.3 is 6.16 Å². The van der Waals surface area contributed by atoms with E-state index in [0.717, 1.165) is 0 Å². The Balaban J connectivity index is 4.03. The van der Waals surface area contributed by atoms with Gasteiger partial charge in [-0.15, -0.1) is 0 Å². The lowest BCUT2D eigenvalue weighted by Gasteiger charge is -2.25. The molecular weight excluding hydrogens is 168 g/mol. The second-order valence-corrected chi connectivity index (χ2v) is 2.21. The number of hydrogen-bond donors (Lipinski definition) is 1. The summed E-state index contributed by atoms with van der Waals surface area (Å²) in [5.74, 6) is -1.24. The number of methoxy groups -OCH3 is 2. The first-order valence-corrected chi connectivity index (χ1v) is 3.16. The maximum absolute atomic E-state index is 10.4. The van der Waals surface area contributed by atoms with Crippen molar-refractivity contribution in [3.8, 4) is 0 Å². The zero-order valence-corrected chi connectivity index (χ0v) is 7.20. The van der Waals surface area contributed by atoms with Crippen LogP contribution < -0.4 is 0 Å². The smallest absolute Gasteiger partial charge is 0.397 e. The second kappa shape index (κ2) is 4.91. The molecule has 0 amide bonds. The van der Waals surface area contributed by atoms with Crippen LogP contribution in [0.2, 0.25) is 0 Å². The summed E-state index contributed by atoms with van der Waals surface area (Å²) in [5, 5.41) is 7.89. The fourth-order valence-electron chi connectivity index (χ4n) is 0.587. The molecule has 6 nitrogen and oxygen atoms in total. The molecule has 0 aliphatic rings. The third-order valence-electron chi connectivity index (χ3n) is 1.21. The van der Waals surface area contributed by atoms with Gasteiger partial charge in [-0.1, -0.05) is 0 Å². The summed E-state index contributed by atoms with van der Waals surface area (Å²) in [6.07, 6.45) is -1.24. The van der Waals surface area contributed by atoms with E-state index in [0.29, 0.717) is 0 Å². The summed E-state index contributed by atoms with van der Waals surface area (Å²) in [7, 11) is 2.76. The molecule has 1 unspecified atom stereocenters. The molecule has 72 valence electrons. The summed E-state index contributed by atoms with van der Waals surface area (Å²) >= 11 is 0. The van der Waals surface area contributed by atoms with Gasteiger partial charge in [0.05, 0.1) is 0 Å². The highest BCUT2D eigenvalue weighted by atomic mass is 17.2. The highest BCUT2D eigenvalue weighted by Crippen LogP contribution is 2.12. The maximum Gasteiger partial charge on any atom is 0.542 e. The van der Waals surface area contributed by atoms with Crippen LogP contribution >= 0.6 is 0 Å². The van der Waals surface area contributed by atoms with Gasteiger partial charge in [-0.3, -0.25) is 4.89 Å². The Morgan fingerprint density at radius 1 is 1.50 bits per heavy atom. The van der Waals surface area contributed by atoms with Crippen molar-refractivity contribution in [2.24, 2.45) is 0 Å². The molecule has 0 saturated carbocycles. The van der Waals surface area contributed by atoms with Crippen molar-refractivity contribution in [2.75, 3.05) is 20.8 Å². The summed E-state index contributed by atoms with van der Waals surface area (Å²) < 4.78 is 14.0. The highest BCUT2D eigenvalue weighted by Gasteiger charge is 2.29. The molecule has 1 N–H and O–H groups in total. The van der Waals surface area contributed by atoms with Crippen LogP contribution in [0.3, 0.4) is 0 Å². The number of ether oxygens (including phenoxy) is 3. The second-order valence-electron chi connectivity index (χ2n) is 2.21. The minimum absolute atomic E-state index is 0.0403. The van der Waals surface area contributed by atoms with Gasteiger partial charge in [0.15, 0.2) is 0 Å². The number of rotatable bonds is 4. The summed E-state index contributed by atoms with van der Waals surface area (Å²) in [5.41, 5.74) is 0. The molecule has 6 heteroatoms. The van der Waals surface area contributed by atoms with Gasteiger partial charge in [0, 0.05) is 21.1 Å². The predicted octanol–water partition coefficient (Wildman–Crippen LogP) is 0.622. The van der Waals surface area contributed by atoms with Crippen LogP contribution in [0.4, 0.5) is 4.79 Å². The molecule has 0 radical (unpaired) electrons. The topological polar surface area (TPSA) is 74.2 Å². The van der Waals surface area contributed by atoms with Crippen molar-refractivity contribution in [3.63, 3.8) is 0 Å². The maximum atomic E-state index is 10.4. The molecule has 0 aromatic carbocycles. The Morgan fingerprint density at radius 3 is 2.42 bits per heavy atom. The van der Waals surface area contributed by atoms with Crippen molar-refractivity contribution >= 4 is 6.16 Å². The molecule has 0 aromatic heterocycles. The molecule has 0 aliphatic carbocycles. The van der Waals surface area contributed by atoms with E-state index in [4.69, 9.17) is 14.7 Å². The van der Waals surface area contributed by atoms with Crippen LogP contribution in [0.5, 0.6) is 0 Å². The van der Waals surface area contributed by atoms with E-state index in [-0.39, 0.29) is 6.61 Å². The number of carbonyl (C=O) groups is 1. The zero-order chi connectivity index (χ0) is 9.61. The molecule has 0 saturated heterocycles. The number of carbonyl (C=O) groups excluding carboxylic acids is 1. The van der Waals surface area contributed by atoms with E-state index in [1.54, 1.807) is 0 Å². The first kappa shape index (κ1) is 11.2. The third kappa shape index (κ3) is 3.51. The van der Waals surface area contributed by atoms with Crippen LogP contribution in [0, 0.1) is 0 Å². The monoisotopic (exact) mass is 180 g/mol. The van der Waals surface area contributed by atoms with E-state index in [1.165, 1.54) is 21.1 Å². The third-order valence-corrected chi connectivity index (χ3v) is 1.21. The van der Waals surface area contributed by atoms with Gasteiger partial charge < -0.3 is 14.2 Å². The largest absolute Gasteiger partial charge is 0.542 e. The lowest BCUT2D eigenvalue weighted by Crippen LogP contribution is -2.38. The van der Waals surface area contributed by atoms with Crippen molar-refractivity contribution in [2.45, 2.75) is 12.7 Å².